The standard InChI is InChI=1S/Ba.6GeHO2.Ti/c;6*2-1-3;/h;6*1H;/q+2;6*-1;+4. The van der Waals surface area contributed by atoms with Gasteiger partial charge in [0.15, 0.2) is 0 Å². The molecule has 0 aromatic heterocycles. The van der Waals surface area contributed by atoms with E-state index in [4.69, 9.17) is 47.5 Å². The maximum atomic E-state index is 8.53. The predicted octanol–water partition coefficient (Wildman–Crippen LogP) is -12.1. The molecule has 0 rings (SSSR count). The summed E-state index contributed by atoms with van der Waals surface area (Å²) in [5, 5.41) is 0. The zero-order valence-electron chi connectivity index (χ0n) is 9.57. The zero-order chi connectivity index (χ0) is 16.2. The monoisotopic (exact) mass is 827 g/mol. The predicted molar refractivity (Wildman–Crippen MR) is 52.8 cm³/mol. The largest absolute Gasteiger partial charge is 4.00 e. The van der Waals surface area contributed by atoms with E-state index >= 15 is 0 Å². The van der Waals surface area contributed by atoms with Crippen LogP contribution in [0.2, 0.25) is 0 Å². The van der Waals surface area contributed by atoms with Gasteiger partial charge in [0, 0.05) is 0 Å². The van der Waals surface area contributed by atoms with Gasteiger partial charge in [-0.25, -0.2) is 0 Å². The third-order valence-corrected chi connectivity index (χ3v) is 0. The molecule has 20 heavy (non-hydrogen) atoms. The number of hydrogen-bond donors (Lipinski definition) is 0. The van der Waals surface area contributed by atoms with Crippen LogP contribution in [0.4, 0.5) is 0 Å². The molecule has 0 amide bonds. The summed E-state index contributed by atoms with van der Waals surface area (Å²) in [5.41, 5.74) is 0. The van der Waals surface area contributed by atoms with Crippen molar-refractivity contribution in [3.63, 3.8) is 0 Å². The van der Waals surface area contributed by atoms with Crippen molar-refractivity contribution in [1.29, 1.82) is 0 Å². The summed E-state index contributed by atoms with van der Waals surface area (Å²) in [7, 11) is 0. The molecule has 0 spiro atoms. The summed E-state index contributed by atoms with van der Waals surface area (Å²) in [6.45, 7) is 0. The first kappa shape index (κ1) is 49.5. The summed E-state index contributed by atoms with van der Waals surface area (Å²) in [6.07, 6.45) is 0. The number of hydrogen-bond acceptors (Lipinski definition) is 12. The van der Waals surface area contributed by atoms with Gasteiger partial charge in [-0.05, 0) is 0 Å². The fraction of sp³-hybridized carbons (Fsp3) is 0. The van der Waals surface area contributed by atoms with Crippen LogP contribution in [0.1, 0.15) is 0 Å². The molecule has 0 aliphatic carbocycles. The molecule has 0 atom stereocenters. The first-order chi connectivity index (χ1) is 8.49. The normalized spacial score (nSPS) is 3.60. The minimum absolute atomic E-state index is 0. The maximum absolute atomic E-state index is 8.53. The Hall–Kier alpha value is 3.14. The molecule has 0 saturated heterocycles. The van der Waals surface area contributed by atoms with Crippen LogP contribution in [-0.2, 0) is 44.4 Å². The van der Waals surface area contributed by atoms with E-state index < -0.39 is 94.2 Å². The minimum atomic E-state index is -2.19. The van der Waals surface area contributed by atoms with Gasteiger partial charge in [0.25, 0.3) is 0 Å². The molecule has 108 valence electrons. The van der Waals surface area contributed by atoms with Crippen LogP contribution < -0.4 is 24.8 Å². The molecule has 0 aliphatic heterocycles. The SMILES string of the molecule is [Ba+2].[O]=[GeH][O-].[O]=[GeH][O-].[O]=[GeH][O-].[O]=[GeH][O-].[O]=[GeH][O-].[O]=[GeH][O-].[Ti+4]. The van der Waals surface area contributed by atoms with E-state index in [2.05, 4.69) is 0 Å². The van der Waals surface area contributed by atoms with Gasteiger partial charge in [0.05, 0.1) is 0 Å². The van der Waals surface area contributed by atoms with Crippen LogP contribution in [0.3, 0.4) is 0 Å². The Morgan fingerprint density at radius 3 is 0.400 bits per heavy atom. The van der Waals surface area contributed by atoms with Crippen molar-refractivity contribution in [3.05, 3.63) is 0 Å². The van der Waals surface area contributed by atoms with E-state index in [0.717, 1.165) is 0 Å². The maximum Gasteiger partial charge on any atom is 4.00 e. The Morgan fingerprint density at radius 2 is 0.400 bits per heavy atom. The molecular weight excluding hydrogens is 813 g/mol. The second-order valence-electron chi connectivity index (χ2n) is 0.577. The van der Waals surface area contributed by atoms with E-state index in [0.29, 0.717) is 0 Å². The van der Waals surface area contributed by atoms with Crippen molar-refractivity contribution in [1.82, 2.24) is 0 Å². The van der Waals surface area contributed by atoms with Gasteiger partial charge in [-0.3, -0.25) is 0 Å². The Labute approximate surface area is 208 Å². The smallest absolute Gasteiger partial charge is 4.00 e. The quantitative estimate of drug-likeness (QED) is 0.207. The number of rotatable bonds is 0. The molecule has 20 heteroatoms. The minimum Gasteiger partial charge on any atom is 4.00 e. The van der Waals surface area contributed by atoms with E-state index in [9.17, 15) is 0 Å². The average molecular weight is 819 g/mol. The van der Waals surface area contributed by atoms with E-state index in [1.54, 1.807) is 0 Å². The van der Waals surface area contributed by atoms with Crippen LogP contribution in [0.5, 0.6) is 0 Å². The van der Waals surface area contributed by atoms with Gasteiger partial charge in [-0.2, -0.15) is 0 Å². The fourth-order valence-corrected chi connectivity index (χ4v) is 0. The van der Waals surface area contributed by atoms with Crippen LogP contribution in [-0.4, -0.2) is 143 Å². The van der Waals surface area contributed by atoms with Crippen LogP contribution in [0.15, 0.2) is 0 Å². The van der Waals surface area contributed by atoms with Gasteiger partial charge in [-0.1, -0.05) is 0 Å². The van der Waals surface area contributed by atoms with Gasteiger partial charge >= 0.3 is 212 Å². The molecule has 0 unspecified atom stereocenters. The first-order valence-electron chi connectivity index (χ1n) is 2.83. The molecule has 0 heterocycles. The van der Waals surface area contributed by atoms with Crippen molar-refractivity contribution in [2.24, 2.45) is 0 Å². The summed E-state index contributed by atoms with van der Waals surface area (Å²) < 4.78 is 102. The van der Waals surface area contributed by atoms with Crippen molar-refractivity contribution in [2.75, 3.05) is 0 Å². The van der Waals surface area contributed by atoms with Gasteiger partial charge in [0.1, 0.15) is 0 Å². The van der Waals surface area contributed by atoms with Crippen LogP contribution in [0.25, 0.3) is 0 Å². The Morgan fingerprint density at radius 1 is 0.400 bits per heavy atom. The first-order valence-corrected chi connectivity index (χ1v) is 14.7. The molecule has 0 fully saturated rings. The Balaban J connectivity index is -0.0000000141. The van der Waals surface area contributed by atoms with Gasteiger partial charge in [-0.15, -0.1) is 0 Å². The van der Waals surface area contributed by atoms with Crippen LogP contribution in [0, 0.1) is 0 Å². The molecule has 12 nitrogen and oxygen atoms in total. The summed E-state index contributed by atoms with van der Waals surface area (Å²) in [4.78, 5) is 0. The van der Waals surface area contributed by atoms with E-state index in [-0.39, 0.29) is 70.6 Å². The van der Waals surface area contributed by atoms with Crippen molar-refractivity contribution in [2.45, 2.75) is 0 Å². The fourth-order valence-electron chi connectivity index (χ4n) is 0. The summed E-state index contributed by atoms with van der Waals surface area (Å²) in [5.74, 6) is 0. The Kier molecular flexibility index (Phi) is 293. The summed E-state index contributed by atoms with van der Waals surface area (Å²) in [6, 6.07) is 0. The molecule has 0 bridgehead atoms. The molecule has 0 aromatic carbocycles. The molecule has 0 aromatic rings. The molecule has 0 aliphatic rings. The third kappa shape index (κ3) is 868. The molecule has 0 saturated carbocycles. The van der Waals surface area contributed by atoms with Gasteiger partial charge in [0.2, 0.25) is 0 Å². The Bertz CT molecular complexity index is 119. The van der Waals surface area contributed by atoms with Crippen molar-refractivity contribution >= 4 is 143 Å². The second-order valence-corrected chi connectivity index (χ2v) is 3.00. The molecule has 0 radical (unpaired) electrons. The molecular formula is H6BaGe6O12Ti. The van der Waals surface area contributed by atoms with Crippen LogP contribution >= 0.6 is 0 Å². The summed E-state index contributed by atoms with van der Waals surface area (Å²) >= 11 is -13.1. The van der Waals surface area contributed by atoms with E-state index in [1.807, 2.05) is 0 Å². The average Bonchev–Trinajstić information content (AvgIpc) is 2.23. The zero-order valence-corrected chi connectivity index (χ0v) is 30.1. The second kappa shape index (κ2) is 118. The topological polar surface area (TPSA) is 241 Å². The molecule has 0 N–H and O–H groups in total. The van der Waals surface area contributed by atoms with E-state index in [1.165, 1.54) is 0 Å². The van der Waals surface area contributed by atoms with Crippen molar-refractivity contribution < 1.29 is 69.2 Å². The van der Waals surface area contributed by atoms with Gasteiger partial charge < -0.3 is 0 Å². The third-order valence-electron chi connectivity index (χ3n) is 0. The van der Waals surface area contributed by atoms with Crippen molar-refractivity contribution in [3.8, 4) is 0 Å².